The van der Waals surface area contributed by atoms with Crippen molar-refractivity contribution in [2.24, 2.45) is 4.99 Å². The lowest BCUT2D eigenvalue weighted by molar-refractivity contribution is -0.123. The van der Waals surface area contributed by atoms with E-state index < -0.39 is 12.1 Å². The van der Waals surface area contributed by atoms with Crippen LogP contribution in [0.15, 0.2) is 33.1 Å². The van der Waals surface area contributed by atoms with Crippen LogP contribution in [0.3, 0.4) is 0 Å². The fourth-order valence-corrected chi connectivity index (χ4v) is 5.26. The first-order chi connectivity index (χ1) is 18.7. The summed E-state index contributed by atoms with van der Waals surface area (Å²) in [5.74, 6) is 2.35. The minimum absolute atomic E-state index is 0.285. The molecule has 1 unspecified atom stereocenters. The van der Waals surface area contributed by atoms with Gasteiger partial charge in [0, 0.05) is 26.2 Å². The van der Waals surface area contributed by atoms with E-state index in [1.54, 1.807) is 30.0 Å². The summed E-state index contributed by atoms with van der Waals surface area (Å²) in [6.07, 6.45) is 2.14. The molecule has 0 aromatic carbocycles. The molecule has 1 saturated heterocycles. The molecule has 39 heavy (non-hydrogen) atoms. The number of aliphatic imine (C=N–C) groups is 1. The Hall–Kier alpha value is -3.78. The van der Waals surface area contributed by atoms with Crippen LogP contribution in [0.2, 0.25) is 0 Å². The molecule has 0 saturated carbocycles. The van der Waals surface area contributed by atoms with Crippen LogP contribution >= 0.6 is 23.1 Å². The molecule has 12 nitrogen and oxygen atoms in total. The molecule has 1 aliphatic heterocycles. The average molecular weight is 573 g/mol. The molecule has 1 fully saturated rings. The van der Waals surface area contributed by atoms with Crippen molar-refractivity contribution in [2.75, 3.05) is 37.9 Å². The molecule has 0 spiro atoms. The second-order valence-electron chi connectivity index (χ2n) is 8.45. The standard InChI is InChI=1S/C15H18N4S2.C10H14N4O4/c1-10-5-6-14(17-7-10)18-9-20-8-13(16-4)15-11(2)19-12(3)21-15;1-7-11-12-9(18-7)8-5-13(10(16)17-2)3-4-14(8)6-15/h5-8H,4,9H2,1-3H3,(H,17,18);6,8H,3-5H2,1-2H3/b13-8-;. The lowest BCUT2D eigenvalue weighted by Crippen LogP contribution is -2.50. The Labute approximate surface area is 235 Å². The number of ether oxygens (including phenoxy) is 1. The SMILES string of the molecule is C=N/C(=C\SCNc1ccc(C)cn1)c1sc(C)nc1C.COC(=O)N1CCN(C=O)C(c2nnc(C)o2)C1. The number of nitrogens with one attached hydrogen (secondary N) is 1. The van der Waals surface area contributed by atoms with E-state index in [4.69, 9.17) is 4.42 Å². The topological polar surface area (TPSA) is 139 Å². The van der Waals surface area contributed by atoms with Crippen molar-refractivity contribution in [3.63, 3.8) is 0 Å². The number of aromatic nitrogens is 4. The van der Waals surface area contributed by atoms with Crippen molar-refractivity contribution < 1.29 is 18.7 Å². The van der Waals surface area contributed by atoms with Crippen LogP contribution in [0.4, 0.5) is 10.6 Å². The summed E-state index contributed by atoms with van der Waals surface area (Å²) in [7, 11) is 1.32. The number of hydrogen-bond acceptors (Lipinski definition) is 12. The Morgan fingerprint density at radius 3 is 2.67 bits per heavy atom. The third-order valence-electron chi connectivity index (χ3n) is 5.57. The van der Waals surface area contributed by atoms with Gasteiger partial charge in [0.25, 0.3) is 0 Å². The molecule has 1 aliphatic rings. The number of thioether (sulfide) groups is 1. The van der Waals surface area contributed by atoms with Gasteiger partial charge >= 0.3 is 6.09 Å². The van der Waals surface area contributed by atoms with E-state index in [-0.39, 0.29) is 6.54 Å². The molecule has 3 aromatic rings. The van der Waals surface area contributed by atoms with Crippen molar-refractivity contribution in [3.05, 3.63) is 56.7 Å². The van der Waals surface area contributed by atoms with Gasteiger partial charge in [-0.25, -0.2) is 14.8 Å². The number of pyridine rings is 1. The summed E-state index contributed by atoms with van der Waals surface area (Å²) in [5, 5.41) is 13.9. The molecule has 0 aliphatic carbocycles. The minimum atomic E-state index is -0.429. The number of hydrogen-bond donors (Lipinski definition) is 1. The summed E-state index contributed by atoms with van der Waals surface area (Å²) >= 11 is 3.27. The highest BCUT2D eigenvalue weighted by Crippen LogP contribution is 2.28. The molecule has 208 valence electrons. The molecule has 14 heteroatoms. The van der Waals surface area contributed by atoms with Gasteiger partial charge in [-0.05, 0) is 44.5 Å². The van der Waals surface area contributed by atoms with Gasteiger partial charge in [0.1, 0.15) is 11.9 Å². The fourth-order valence-electron chi connectivity index (χ4n) is 3.62. The second-order valence-corrected chi connectivity index (χ2v) is 10.5. The number of amides is 2. The van der Waals surface area contributed by atoms with E-state index in [9.17, 15) is 9.59 Å². The van der Waals surface area contributed by atoms with Crippen molar-refractivity contribution in [1.29, 1.82) is 0 Å². The molecule has 0 bridgehead atoms. The average Bonchev–Trinajstić information content (AvgIpc) is 3.53. The third-order valence-corrected chi connectivity index (χ3v) is 7.36. The summed E-state index contributed by atoms with van der Waals surface area (Å²) in [6, 6.07) is 3.59. The van der Waals surface area contributed by atoms with E-state index in [0.29, 0.717) is 24.9 Å². The number of piperazine rings is 1. The zero-order valence-corrected chi connectivity index (χ0v) is 24.2. The van der Waals surface area contributed by atoms with Crippen molar-refractivity contribution in [3.8, 4) is 0 Å². The lowest BCUT2D eigenvalue weighted by atomic mass is 10.2. The van der Waals surface area contributed by atoms with Crippen LogP contribution in [0.1, 0.15) is 39.0 Å². The van der Waals surface area contributed by atoms with Crippen LogP contribution < -0.4 is 5.32 Å². The normalized spacial score (nSPS) is 15.3. The van der Waals surface area contributed by atoms with Crippen LogP contribution in [0.5, 0.6) is 0 Å². The van der Waals surface area contributed by atoms with E-state index in [2.05, 4.69) is 41.9 Å². The van der Waals surface area contributed by atoms with E-state index in [1.807, 2.05) is 44.5 Å². The summed E-state index contributed by atoms with van der Waals surface area (Å²) in [4.78, 5) is 39.4. The van der Waals surface area contributed by atoms with Crippen molar-refractivity contribution >= 4 is 53.8 Å². The number of rotatable bonds is 8. The van der Waals surface area contributed by atoms with Gasteiger partial charge in [-0.3, -0.25) is 9.79 Å². The van der Waals surface area contributed by atoms with Crippen LogP contribution in [0.25, 0.3) is 5.70 Å². The minimum Gasteiger partial charge on any atom is -0.453 e. The Morgan fingerprint density at radius 1 is 1.31 bits per heavy atom. The fraction of sp³-hybridized carbons (Fsp3) is 0.400. The number of carbonyl (C=O) groups is 2. The first-order valence-corrected chi connectivity index (χ1v) is 13.9. The third kappa shape index (κ3) is 8.35. The number of thiazole rings is 1. The van der Waals surface area contributed by atoms with Crippen molar-refractivity contribution in [2.45, 2.75) is 33.7 Å². The number of nitrogens with zero attached hydrogens (tertiary/aromatic N) is 7. The van der Waals surface area contributed by atoms with Gasteiger partial charge in [0.05, 0.1) is 40.8 Å². The van der Waals surface area contributed by atoms with Gasteiger partial charge in [-0.2, -0.15) is 0 Å². The van der Waals surface area contributed by atoms with Gasteiger partial charge in [0.15, 0.2) is 0 Å². The highest BCUT2D eigenvalue weighted by Gasteiger charge is 2.33. The highest BCUT2D eigenvalue weighted by atomic mass is 32.2. The van der Waals surface area contributed by atoms with Gasteiger partial charge in [-0.15, -0.1) is 33.3 Å². The predicted octanol–water partition coefficient (Wildman–Crippen LogP) is 4.22. The molecule has 2 amide bonds. The first-order valence-electron chi connectivity index (χ1n) is 12.0. The molecule has 3 aromatic heterocycles. The quantitative estimate of drug-likeness (QED) is 0.181. The molecule has 1 N–H and O–H groups in total. The smallest absolute Gasteiger partial charge is 0.409 e. The van der Waals surface area contributed by atoms with E-state index in [0.717, 1.165) is 44.9 Å². The van der Waals surface area contributed by atoms with Gasteiger partial charge in [0.2, 0.25) is 18.2 Å². The molecular formula is C25H32N8O4S2. The summed E-state index contributed by atoms with van der Waals surface area (Å²) in [6.45, 7) is 12.5. The zero-order chi connectivity index (χ0) is 28.4. The summed E-state index contributed by atoms with van der Waals surface area (Å²) in [5.41, 5.74) is 3.04. The van der Waals surface area contributed by atoms with Gasteiger partial charge < -0.3 is 24.3 Å². The van der Waals surface area contributed by atoms with Crippen LogP contribution in [0, 0.1) is 27.7 Å². The highest BCUT2D eigenvalue weighted by molar-refractivity contribution is 8.02. The van der Waals surface area contributed by atoms with Crippen molar-refractivity contribution in [1.82, 2.24) is 30.0 Å². The van der Waals surface area contributed by atoms with Crippen LogP contribution in [-0.4, -0.2) is 81.8 Å². The predicted molar refractivity (Wildman–Crippen MR) is 153 cm³/mol. The second kappa shape index (κ2) is 14.4. The molecule has 4 rings (SSSR count). The number of methoxy groups -OCH3 is 1. The largest absolute Gasteiger partial charge is 0.453 e. The molecule has 0 radical (unpaired) electrons. The summed E-state index contributed by atoms with van der Waals surface area (Å²) < 4.78 is 9.98. The maximum atomic E-state index is 11.5. The van der Waals surface area contributed by atoms with E-state index >= 15 is 0 Å². The Morgan fingerprint density at radius 2 is 2.10 bits per heavy atom. The van der Waals surface area contributed by atoms with Gasteiger partial charge in [-0.1, -0.05) is 6.07 Å². The maximum Gasteiger partial charge on any atom is 0.409 e. The lowest BCUT2D eigenvalue weighted by Gasteiger charge is -2.36. The number of carbonyl (C=O) groups excluding carboxylic acids is 2. The first kappa shape index (κ1) is 29.8. The van der Waals surface area contributed by atoms with E-state index in [1.165, 1.54) is 16.9 Å². The Bertz CT molecular complexity index is 1290. The monoisotopic (exact) mass is 572 g/mol. The Kier molecular flexibility index (Phi) is 11.0. The molecule has 1 atom stereocenters. The number of anilines is 1. The van der Waals surface area contributed by atoms with Crippen LogP contribution in [-0.2, 0) is 9.53 Å². The molecule has 4 heterocycles. The maximum absolute atomic E-state index is 11.5. The Balaban J connectivity index is 0.000000218. The zero-order valence-electron chi connectivity index (χ0n) is 22.6. The number of aryl methyl sites for hydroxylation is 4. The molecular weight excluding hydrogens is 540 g/mol.